The zero-order chi connectivity index (χ0) is 15.3. The summed E-state index contributed by atoms with van der Waals surface area (Å²) >= 11 is 0. The standard InChI is InChI=1S/C14H18FN3O3/c15-14(12(19)17-16)7-4-8-18(10-14)13(20)21-9-11-5-2-1-3-6-11/h1-3,5-6H,4,7-10,16H2,(H,17,19)/t14-/m0/s1. The number of halogens is 1. The largest absolute Gasteiger partial charge is 0.445 e. The summed E-state index contributed by atoms with van der Waals surface area (Å²) in [5.41, 5.74) is 0.488. The van der Waals surface area contributed by atoms with Gasteiger partial charge in [0.1, 0.15) is 6.61 Å². The lowest BCUT2D eigenvalue weighted by Crippen LogP contribution is -2.57. The molecule has 0 aliphatic carbocycles. The Hall–Kier alpha value is -2.15. The molecule has 0 unspecified atom stereocenters. The molecule has 21 heavy (non-hydrogen) atoms. The third-order valence-electron chi connectivity index (χ3n) is 3.44. The first-order valence-electron chi connectivity index (χ1n) is 6.71. The predicted octanol–water partition coefficient (Wildman–Crippen LogP) is 1.12. The summed E-state index contributed by atoms with van der Waals surface area (Å²) < 4.78 is 19.5. The molecule has 1 atom stereocenters. The van der Waals surface area contributed by atoms with Crippen LogP contribution in [0.2, 0.25) is 0 Å². The summed E-state index contributed by atoms with van der Waals surface area (Å²) in [6, 6.07) is 9.18. The first-order chi connectivity index (χ1) is 10.0. The molecule has 0 spiro atoms. The van der Waals surface area contributed by atoms with E-state index in [1.54, 1.807) is 5.43 Å². The number of nitrogens with zero attached hydrogens (tertiary/aromatic N) is 1. The Labute approximate surface area is 122 Å². The zero-order valence-corrected chi connectivity index (χ0v) is 11.5. The monoisotopic (exact) mass is 295 g/mol. The molecule has 1 aliphatic rings. The number of hydrazine groups is 1. The van der Waals surface area contributed by atoms with E-state index in [0.717, 1.165) is 5.56 Å². The predicted molar refractivity (Wildman–Crippen MR) is 73.6 cm³/mol. The van der Waals surface area contributed by atoms with Crippen LogP contribution in [0.25, 0.3) is 0 Å². The summed E-state index contributed by atoms with van der Waals surface area (Å²) in [4.78, 5) is 24.6. The molecule has 0 bridgehead atoms. The van der Waals surface area contributed by atoms with Crippen LogP contribution >= 0.6 is 0 Å². The van der Waals surface area contributed by atoms with Crippen molar-refractivity contribution < 1.29 is 18.7 Å². The molecular weight excluding hydrogens is 277 g/mol. The van der Waals surface area contributed by atoms with Gasteiger partial charge in [-0.1, -0.05) is 30.3 Å². The smallest absolute Gasteiger partial charge is 0.410 e. The Kier molecular flexibility index (Phi) is 4.74. The Morgan fingerprint density at radius 2 is 2.10 bits per heavy atom. The van der Waals surface area contributed by atoms with Crippen molar-refractivity contribution in [3.05, 3.63) is 35.9 Å². The molecule has 3 N–H and O–H groups in total. The van der Waals surface area contributed by atoms with Crippen LogP contribution in [0, 0.1) is 0 Å². The maximum atomic E-state index is 14.4. The highest BCUT2D eigenvalue weighted by atomic mass is 19.1. The molecule has 1 aliphatic heterocycles. The number of carbonyl (C=O) groups excluding carboxylic acids is 2. The Morgan fingerprint density at radius 1 is 1.38 bits per heavy atom. The van der Waals surface area contributed by atoms with Crippen molar-refractivity contribution in [2.24, 2.45) is 5.84 Å². The van der Waals surface area contributed by atoms with Gasteiger partial charge in [-0.05, 0) is 18.4 Å². The quantitative estimate of drug-likeness (QED) is 0.497. The number of piperidine rings is 1. The highest BCUT2D eigenvalue weighted by Gasteiger charge is 2.44. The van der Waals surface area contributed by atoms with Gasteiger partial charge < -0.3 is 9.64 Å². The maximum Gasteiger partial charge on any atom is 0.410 e. The van der Waals surface area contributed by atoms with Crippen molar-refractivity contribution in [3.63, 3.8) is 0 Å². The molecule has 1 heterocycles. The molecule has 114 valence electrons. The fraction of sp³-hybridized carbons (Fsp3) is 0.429. The first kappa shape index (κ1) is 15.2. The number of alkyl halides is 1. The molecule has 0 radical (unpaired) electrons. The van der Waals surface area contributed by atoms with Crippen LogP contribution in [0.15, 0.2) is 30.3 Å². The van der Waals surface area contributed by atoms with E-state index in [2.05, 4.69) is 0 Å². The van der Waals surface area contributed by atoms with Gasteiger partial charge >= 0.3 is 6.09 Å². The lowest BCUT2D eigenvalue weighted by Gasteiger charge is -2.35. The van der Waals surface area contributed by atoms with Crippen LogP contribution in [0.3, 0.4) is 0 Å². The summed E-state index contributed by atoms with van der Waals surface area (Å²) in [7, 11) is 0. The van der Waals surface area contributed by atoms with Crippen LogP contribution in [-0.4, -0.2) is 35.7 Å². The lowest BCUT2D eigenvalue weighted by molar-refractivity contribution is -0.136. The molecule has 7 heteroatoms. The number of hydrogen-bond donors (Lipinski definition) is 2. The van der Waals surface area contributed by atoms with E-state index >= 15 is 0 Å². The molecule has 0 aromatic heterocycles. The molecule has 1 aromatic carbocycles. The number of likely N-dealkylation sites (tertiary alicyclic amines) is 1. The van der Waals surface area contributed by atoms with E-state index in [0.29, 0.717) is 13.0 Å². The Balaban J connectivity index is 1.92. The van der Waals surface area contributed by atoms with Gasteiger partial charge in [0.05, 0.1) is 6.54 Å². The summed E-state index contributed by atoms with van der Waals surface area (Å²) in [6.07, 6.45) is -0.214. The number of hydrogen-bond acceptors (Lipinski definition) is 4. The summed E-state index contributed by atoms with van der Waals surface area (Å²) in [5.74, 6) is 4.06. The molecule has 1 fully saturated rings. The van der Waals surface area contributed by atoms with E-state index in [1.807, 2.05) is 30.3 Å². The highest BCUT2D eigenvalue weighted by molar-refractivity contribution is 5.85. The van der Waals surface area contributed by atoms with E-state index in [9.17, 15) is 14.0 Å². The molecule has 2 amide bonds. The third kappa shape index (κ3) is 3.69. The molecule has 0 saturated carbocycles. The van der Waals surface area contributed by atoms with Gasteiger partial charge in [-0.25, -0.2) is 15.0 Å². The second kappa shape index (κ2) is 6.53. The number of nitrogens with one attached hydrogen (secondary N) is 1. The second-order valence-electron chi connectivity index (χ2n) is 5.00. The number of ether oxygens (including phenoxy) is 1. The van der Waals surface area contributed by atoms with Crippen molar-refractivity contribution in [2.45, 2.75) is 25.1 Å². The summed E-state index contributed by atoms with van der Waals surface area (Å²) in [6.45, 7) is 0.124. The third-order valence-corrected chi connectivity index (χ3v) is 3.44. The average molecular weight is 295 g/mol. The molecule has 2 rings (SSSR count). The van der Waals surface area contributed by atoms with Gasteiger partial charge in [-0.15, -0.1) is 0 Å². The van der Waals surface area contributed by atoms with Gasteiger partial charge in [0.15, 0.2) is 0 Å². The maximum absolute atomic E-state index is 14.4. The molecule has 1 saturated heterocycles. The normalized spacial score (nSPS) is 21.7. The van der Waals surface area contributed by atoms with Crippen molar-refractivity contribution in [3.8, 4) is 0 Å². The minimum Gasteiger partial charge on any atom is -0.445 e. The SMILES string of the molecule is NNC(=O)[C@]1(F)CCCN(C(=O)OCc2ccccc2)C1. The van der Waals surface area contributed by atoms with Crippen LogP contribution in [0.5, 0.6) is 0 Å². The number of carbonyl (C=O) groups is 2. The second-order valence-corrected chi connectivity index (χ2v) is 5.00. The van der Waals surface area contributed by atoms with Gasteiger partial charge in [-0.2, -0.15) is 0 Å². The fourth-order valence-electron chi connectivity index (χ4n) is 2.29. The summed E-state index contributed by atoms with van der Waals surface area (Å²) in [5, 5.41) is 0. The van der Waals surface area contributed by atoms with Crippen molar-refractivity contribution in [2.75, 3.05) is 13.1 Å². The van der Waals surface area contributed by atoms with Crippen molar-refractivity contribution >= 4 is 12.0 Å². The van der Waals surface area contributed by atoms with Crippen LogP contribution in [0.1, 0.15) is 18.4 Å². The zero-order valence-electron chi connectivity index (χ0n) is 11.5. The molecule has 1 aromatic rings. The van der Waals surface area contributed by atoms with Gasteiger partial charge in [0.2, 0.25) is 5.67 Å². The molecule has 6 nitrogen and oxygen atoms in total. The first-order valence-corrected chi connectivity index (χ1v) is 6.71. The lowest BCUT2D eigenvalue weighted by atomic mass is 9.94. The number of nitrogens with two attached hydrogens (primary N) is 1. The molecular formula is C14H18FN3O3. The highest BCUT2D eigenvalue weighted by Crippen LogP contribution is 2.26. The fourth-order valence-corrected chi connectivity index (χ4v) is 2.29. The van der Waals surface area contributed by atoms with E-state index in [4.69, 9.17) is 10.6 Å². The van der Waals surface area contributed by atoms with Gasteiger partial charge in [0.25, 0.3) is 5.91 Å². The minimum absolute atomic E-state index is 0.0402. The van der Waals surface area contributed by atoms with Crippen LogP contribution < -0.4 is 11.3 Å². The Morgan fingerprint density at radius 3 is 2.76 bits per heavy atom. The number of amides is 2. The van der Waals surface area contributed by atoms with E-state index < -0.39 is 17.7 Å². The number of benzene rings is 1. The van der Waals surface area contributed by atoms with Crippen LogP contribution in [0.4, 0.5) is 9.18 Å². The van der Waals surface area contributed by atoms with Crippen LogP contribution in [-0.2, 0) is 16.1 Å². The Bertz CT molecular complexity index is 511. The number of rotatable bonds is 3. The van der Waals surface area contributed by atoms with E-state index in [1.165, 1.54) is 4.90 Å². The van der Waals surface area contributed by atoms with Crippen molar-refractivity contribution in [1.82, 2.24) is 10.3 Å². The van der Waals surface area contributed by atoms with Gasteiger partial charge in [0, 0.05) is 6.54 Å². The minimum atomic E-state index is -2.15. The average Bonchev–Trinajstić information content (AvgIpc) is 2.52. The van der Waals surface area contributed by atoms with Crippen molar-refractivity contribution in [1.29, 1.82) is 0 Å². The topological polar surface area (TPSA) is 84.7 Å². The van der Waals surface area contributed by atoms with E-state index in [-0.39, 0.29) is 19.6 Å². The van der Waals surface area contributed by atoms with Gasteiger partial charge in [-0.3, -0.25) is 10.2 Å².